The first-order valence-corrected chi connectivity index (χ1v) is 7.11. The summed E-state index contributed by atoms with van der Waals surface area (Å²) < 4.78 is 0. The number of hydrogen-bond acceptors (Lipinski definition) is 2. The van der Waals surface area contributed by atoms with Gasteiger partial charge in [-0.15, -0.1) is 11.8 Å². The van der Waals surface area contributed by atoms with E-state index in [2.05, 4.69) is 5.32 Å². The number of thioether (sulfide) groups is 1. The lowest BCUT2D eigenvalue weighted by Crippen LogP contribution is -2.21. The molecular formula is C12H15Cl2NS. The van der Waals surface area contributed by atoms with Crippen LogP contribution < -0.4 is 5.32 Å². The van der Waals surface area contributed by atoms with Crippen molar-refractivity contribution in [3.8, 4) is 0 Å². The zero-order valence-corrected chi connectivity index (χ0v) is 11.5. The molecule has 1 nitrogen and oxygen atoms in total. The summed E-state index contributed by atoms with van der Waals surface area (Å²) >= 11 is 14.0. The van der Waals surface area contributed by atoms with Crippen molar-refractivity contribution in [3.63, 3.8) is 0 Å². The minimum atomic E-state index is 0.661. The highest BCUT2D eigenvalue weighted by Gasteiger charge is 2.24. The van der Waals surface area contributed by atoms with Crippen LogP contribution in [0.1, 0.15) is 19.3 Å². The van der Waals surface area contributed by atoms with Gasteiger partial charge in [-0.2, -0.15) is 0 Å². The maximum Gasteiger partial charge on any atom is 0.0542 e. The van der Waals surface area contributed by atoms with E-state index in [0.29, 0.717) is 11.3 Å². The maximum absolute atomic E-state index is 6.15. The van der Waals surface area contributed by atoms with Crippen LogP contribution >= 0.6 is 35.0 Å². The Morgan fingerprint density at radius 2 is 2.12 bits per heavy atom. The predicted octanol–water partition coefficient (Wildman–Crippen LogP) is 4.23. The second-order valence-corrected chi connectivity index (χ2v) is 6.30. The van der Waals surface area contributed by atoms with E-state index < -0.39 is 0 Å². The number of hydrogen-bond donors (Lipinski definition) is 1. The Morgan fingerprint density at radius 3 is 2.81 bits per heavy atom. The zero-order valence-electron chi connectivity index (χ0n) is 9.17. The summed E-state index contributed by atoms with van der Waals surface area (Å²) in [6.07, 6.45) is 3.72. The number of benzene rings is 1. The maximum atomic E-state index is 6.15. The van der Waals surface area contributed by atoms with Gasteiger partial charge in [-0.05, 0) is 44.5 Å². The lowest BCUT2D eigenvalue weighted by molar-refractivity contribution is 0.583. The Kier molecular flexibility index (Phi) is 4.42. The van der Waals surface area contributed by atoms with Crippen LogP contribution in [0.3, 0.4) is 0 Å². The number of nitrogens with one attached hydrogen (secondary N) is 1. The molecule has 2 rings (SSSR count). The summed E-state index contributed by atoms with van der Waals surface area (Å²) in [5.41, 5.74) is 0. The van der Waals surface area contributed by atoms with E-state index in [1.54, 1.807) is 0 Å². The molecule has 0 aromatic heterocycles. The molecule has 0 heterocycles. The second-order valence-electron chi connectivity index (χ2n) is 4.11. The van der Waals surface area contributed by atoms with E-state index in [1.165, 1.54) is 19.3 Å². The van der Waals surface area contributed by atoms with Crippen LogP contribution in [-0.2, 0) is 0 Å². The Bertz CT molecular complexity index is 370. The molecule has 2 atom stereocenters. The second kappa shape index (κ2) is 5.63. The average molecular weight is 276 g/mol. The Hall–Kier alpha value is 0.110. The standard InChI is InChI=1S/C12H15Cl2NS/c1-15-9-3-4-10(7-9)16-12-6-8(13)2-5-11(12)14/h2,5-6,9-10,15H,3-4,7H2,1H3. The fourth-order valence-electron chi connectivity index (χ4n) is 2.06. The first kappa shape index (κ1) is 12.6. The molecule has 1 fully saturated rings. The molecule has 4 heteroatoms. The lowest BCUT2D eigenvalue weighted by Gasteiger charge is -2.11. The molecule has 0 amide bonds. The van der Waals surface area contributed by atoms with Gasteiger partial charge in [0.05, 0.1) is 5.02 Å². The molecule has 1 aliphatic rings. The first-order valence-electron chi connectivity index (χ1n) is 5.48. The minimum Gasteiger partial charge on any atom is -0.317 e. The monoisotopic (exact) mass is 275 g/mol. The van der Waals surface area contributed by atoms with Gasteiger partial charge < -0.3 is 5.32 Å². The van der Waals surface area contributed by atoms with Crippen LogP contribution in [0.5, 0.6) is 0 Å². The summed E-state index contributed by atoms with van der Waals surface area (Å²) in [7, 11) is 2.03. The van der Waals surface area contributed by atoms with Crippen LogP contribution in [-0.4, -0.2) is 18.3 Å². The molecule has 1 aliphatic carbocycles. The summed E-state index contributed by atoms with van der Waals surface area (Å²) in [5.74, 6) is 0. The highest BCUT2D eigenvalue weighted by molar-refractivity contribution is 8.00. The first-order chi connectivity index (χ1) is 7.69. The SMILES string of the molecule is CNC1CCC(Sc2cc(Cl)ccc2Cl)C1. The normalized spacial score (nSPS) is 24.9. The lowest BCUT2D eigenvalue weighted by atomic mass is 10.3. The summed E-state index contributed by atoms with van der Waals surface area (Å²) in [4.78, 5) is 1.11. The largest absolute Gasteiger partial charge is 0.317 e. The van der Waals surface area contributed by atoms with E-state index in [-0.39, 0.29) is 0 Å². The Morgan fingerprint density at radius 1 is 1.31 bits per heavy atom. The third-order valence-corrected chi connectivity index (χ3v) is 5.01. The van der Waals surface area contributed by atoms with Crippen molar-refractivity contribution in [1.82, 2.24) is 5.32 Å². The van der Waals surface area contributed by atoms with Gasteiger partial charge in [-0.3, -0.25) is 0 Å². The summed E-state index contributed by atoms with van der Waals surface area (Å²) in [5, 5.41) is 5.56. The fourth-order valence-corrected chi connectivity index (χ4v) is 3.86. The van der Waals surface area contributed by atoms with Crippen LogP contribution in [0.4, 0.5) is 0 Å². The number of rotatable bonds is 3. The number of halogens is 2. The zero-order chi connectivity index (χ0) is 11.5. The van der Waals surface area contributed by atoms with Crippen molar-refractivity contribution in [3.05, 3.63) is 28.2 Å². The molecule has 1 aromatic carbocycles. The Balaban J connectivity index is 2.01. The molecule has 1 aromatic rings. The van der Waals surface area contributed by atoms with Gasteiger partial charge in [0.15, 0.2) is 0 Å². The molecular weight excluding hydrogens is 261 g/mol. The van der Waals surface area contributed by atoms with Crippen LogP contribution in [0.25, 0.3) is 0 Å². The van der Waals surface area contributed by atoms with Gasteiger partial charge in [0.25, 0.3) is 0 Å². The quantitative estimate of drug-likeness (QED) is 0.886. The molecule has 0 spiro atoms. The van der Waals surface area contributed by atoms with E-state index in [1.807, 2.05) is 37.0 Å². The van der Waals surface area contributed by atoms with Crippen LogP contribution in [0, 0.1) is 0 Å². The van der Waals surface area contributed by atoms with Crippen molar-refractivity contribution < 1.29 is 0 Å². The molecule has 16 heavy (non-hydrogen) atoms. The average Bonchev–Trinajstić information content (AvgIpc) is 2.71. The van der Waals surface area contributed by atoms with E-state index in [9.17, 15) is 0 Å². The van der Waals surface area contributed by atoms with Crippen LogP contribution in [0.15, 0.2) is 23.1 Å². The molecule has 2 unspecified atom stereocenters. The van der Waals surface area contributed by atoms with Gasteiger partial charge in [0, 0.05) is 21.2 Å². The summed E-state index contributed by atoms with van der Waals surface area (Å²) in [6.45, 7) is 0. The molecule has 0 aliphatic heterocycles. The third kappa shape index (κ3) is 3.07. The molecule has 88 valence electrons. The molecule has 0 saturated heterocycles. The minimum absolute atomic E-state index is 0.661. The molecule has 0 bridgehead atoms. The van der Waals surface area contributed by atoms with Gasteiger partial charge in [-0.25, -0.2) is 0 Å². The highest BCUT2D eigenvalue weighted by atomic mass is 35.5. The molecule has 1 N–H and O–H groups in total. The van der Waals surface area contributed by atoms with Gasteiger partial charge in [-0.1, -0.05) is 23.2 Å². The van der Waals surface area contributed by atoms with Gasteiger partial charge >= 0.3 is 0 Å². The topological polar surface area (TPSA) is 12.0 Å². The van der Waals surface area contributed by atoms with Crippen LogP contribution in [0.2, 0.25) is 10.0 Å². The van der Waals surface area contributed by atoms with Gasteiger partial charge in [0.1, 0.15) is 0 Å². The van der Waals surface area contributed by atoms with Crippen molar-refractivity contribution in [2.75, 3.05) is 7.05 Å². The third-order valence-electron chi connectivity index (χ3n) is 2.98. The highest BCUT2D eigenvalue weighted by Crippen LogP contribution is 2.38. The smallest absolute Gasteiger partial charge is 0.0542 e. The van der Waals surface area contributed by atoms with Crippen molar-refractivity contribution in [1.29, 1.82) is 0 Å². The van der Waals surface area contributed by atoms with E-state index >= 15 is 0 Å². The predicted molar refractivity (Wildman–Crippen MR) is 72.8 cm³/mol. The van der Waals surface area contributed by atoms with Crippen molar-refractivity contribution in [2.24, 2.45) is 0 Å². The summed E-state index contributed by atoms with van der Waals surface area (Å²) in [6, 6.07) is 6.33. The van der Waals surface area contributed by atoms with Gasteiger partial charge in [0.2, 0.25) is 0 Å². The van der Waals surface area contributed by atoms with Crippen molar-refractivity contribution in [2.45, 2.75) is 35.4 Å². The molecule has 0 radical (unpaired) electrons. The Labute approximate surface area is 111 Å². The van der Waals surface area contributed by atoms with E-state index in [4.69, 9.17) is 23.2 Å². The van der Waals surface area contributed by atoms with Crippen molar-refractivity contribution >= 4 is 35.0 Å². The fraction of sp³-hybridized carbons (Fsp3) is 0.500. The van der Waals surface area contributed by atoms with E-state index in [0.717, 1.165) is 14.9 Å². The molecule has 1 saturated carbocycles.